The number of carbonyl (C=O) groups is 1. The van der Waals surface area contributed by atoms with Crippen LogP contribution < -0.4 is 10.6 Å². The molecular weight excluding hydrogens is 520 g/mol. The van der Waals surface area contributed by atoms with E-state index < -0.39 is 0 Å². The van der Waals surface area contributed by atoms with Gasteiger partial charge >= 0.3 is 0 Å². The largest absolute Gasteiger partial charge is 0.355 e. The monoisotopic (exact) mass is 553 g/mol. The Morgan fingerprint density at radius 3 is 2.43 bits per heavy atom. The van der Waals surface area contributed by atoms with Gasteiger partial charge in [0.15, 0.2) is 5.96 Å². The van der Waals surface area contributed by atoms with E-state index in [1.54, 1.807) is 13.1 Å². The van der Waals surface area contributed by atoms with Crippen molar-refractivity contribution in [3.8, 4) is 0 Å². The summed E-state index contributed by atoms with van der Waals surface area (Å²) in [5.74, 6) is 0.551. The zero-order valence-corrected chi connectivity index (χ0v) is 21.6. The summed E-state index contributed by atoms with van der Waals surface area (Å²) in [6.07, 6.45) is 0. The van der Waals surface area contributed by atoms with Crippen LogP contribution in [0, 0.1) is 5.82 Å². The van der Waals surface area contributed by atoms with E-state index in [1.165, 1.54) is 12.1 Å². The number of carbonyl (C=O) groups excluding carboxylic acids is 1. The van der Waals surface area contributed by atoms with Gasteiger partial charge in [-0.05, 0) is 31.5 Å². The highest BCUT2D eigenvalue weighted by molar-refractivity contribution is 14.0. The first kappa shape index (κ1) is 26.9. The molecule has 0 spiro atoms. The summed E-state index contributed by atoms with van der Waals surface area (Å²) in [7, 11) is 1.77. The van der Waals surface area contributed by atoms with Crippen molar-refractivity contribution >= 4 is 47.4 Å². The number of halogens is 3. The number of amides is 1. The second-order valence-corrected chi connectivity index (χ2v) is 8.80. The molecule has 9 heteroatoms. The standard InChI is InChI=1S/C21H33ClFN5O.HI/c1-15(2)26-19(29)13-27-8-10-28(11-9-27)20(24-5)25-14-21(3,4)17-7-6-16(23)12-18(17)22;/h6-7,12,15H,8-11,13-14H2,1-5H3,(H,24,25)(H,26,29);1H. The molecule has 1 saturated heterocycles. The Hall–Kier alpha value is -1.13. The maximum absolute atomic E-state index is 13.4. The maximum atomic E-state index is 13.4. The minimum absolute atomic E-state index is 0. The van der Waals surface area contributed by atoms with Crippen molar-refractivity contribution in [2.75, 3.05) is 46.3 Å². The van der Waals surface area contributed by atoms with Gasteiger partial charge < -0.3 is 15.5 Å². The van der Waals surface area contributed by atoms with Crippen molar-refractivity contribution in [2.45, 2.75) is 39.2 Å². The Morgan fingerprint density at radius 1 is 1.27 bits per heavy atom. The second-order valence-electron chi connectivity index (χ2n) is 8.39. The van der Waals surface area contributed by atoms with Crippen LogP contribution in [0.15, 0.2) is 23.2 Å². The number of benzene rings is 1. The van der Waals surface area contributed by atoms with Crippen molar-refractivity contribution in [3.63, 3.8) is 0 Å². The highest BCUT2D eigenvalue weighted by Gasteiger charge is 2.26. The van der Waals surface area contributed by atoms with Gasteiger partial charge in [0, 0.05) is 56.3 Å². The van der Waals surface area contributed by atoms with Crippen LogP contribution in [-0.4, -0.2) is 74.0 Å². The Morgan fingerprint density at radius 2 is 1.90 bits per heavy atom. The molecule has 6 nitrogen and oxygen atoms in total. The van der Waals surface area contributed by atoms with Gasteiger partial charge in [-0.1, -0.05) is 31.5 Å². The zero-order valence-electron chi connectivity index (χ0n) is 18.5. The lowest BCUT2D eigenvalue weighted by Crippen LogP contribution is -2.55. The van der Waals surface area contributed by atoms with E-state index in [1.807, 2.05) is 13.8 Å². The van der Waals surface area contributed by atoms with E-state index in [0.717, 1.165) is 37.7 Å². The first-order valence-electron chi connectivity index (χ1n) is 10.0. The number of piperazine rings is 1. The smallest absolute Gasteiger partial charge is 0.234 e. The van der Waals surface area contributed by atoms with Crippen LogP contribution >= 0.6 is 35.6 Å². The molecule has 0 saturated carbocycles. The maximum Gasteiger partial charge on any atom is 0.234 e. The van der Waals surface area contributed by atoms with Crippen LogP contribution in [0.2, 0.25) is 5.02 Å². The zero-order chi connectivity index (χ0) is 21.6. The van der Waals surface area contributed by atoms with Gasteiger partial charge in [-0.25, -0.2) is 4.39 Å². The molecule has 1 aliphatic rings. The van der Waals surface area contributed by atoms with Crippen LogP contribution in [0.4, 0.5) is 4.39 Å². The summed E-state index contributed by atoms with van der Waals surface area (Å²) >= 11 is 6.25. The molecule has 1 fully saturated rings. The summed E-state index contributed by atoms with van der Waals surface area (Å²) in [4.78, 5) is 20.7. The summed E-state index contributed by atoms with van der Waals surface area (Å²) in [6.45, 7) is 12.3. The minimum atomic E-state index is -0.335. The van der Waals surface area contributed by atoms with E-state index in [-0.39, 0.29) is 47.2 Å². The molecule has 0 unspecified atom stereocenters. The Balaban J connectivity index is 0.00000450. The third kappa shape index (κ3) is 7.85. The van der Waals surface area contributed by atoms with E-state index in [0.29, 0.717) is 18.1 Å². The van der Waals surface area contributed by atoms with Gasteiger partial charge in [0.2, 0.25) is 5.91 Å². The van der Waals surface area contributed by atoms with Crippen LogP contribution in [0.1, 0.15) is 33.3 Å². The number of nitrogens with one attached hydrogen (secondary N) is 2. The number of aliphatic imine (C=N–C) groups is 1. The normalized spacial score (nSPS) is 15.7. The molecule has 0 bridgehead atoms. The predicted molar refractivity (Wildman–Crippen MR) is 133 cm³/mol. The highest BCUT2D eigenvalue weighted by Crippen LogP contribution is 2.30. The van der Waals surface area contributed by atoms with Gasteiger partial charge in [-0.15, -0.1) is 24.0 Å². The lowest BCUT2D eigenvalue weighted by Gasteiger charge is -2.37. The summed E-state index contributed by atoms with van der Waals surface area (Å²) < 4.78 is 13.4. The fourth-order valence-corrected chi connectivity index (χ4v) is 3.88. The molecule has 1 aromatic rings. The van der Waals surface area contributed by atoms with Crippen molar-refractivity contribution < 1.29 is 9.18 Å². The number of rotatable bonds is 6. The van der Waals surface area contributed by atoms with Crippen molar-refractivity contribution in [1.82, 2.24) is 20.4 Å². The molecule has 2 N–H and O–H groups in total. The molecule has 0 aromatic heterocycles. The van der Waals surface area contributed by atoms with Gasteiger partial charge in [0.25, 0.3) is 0 Å². The summed E-state index contributed by atoms with van der Waals surface area (Å²) in [5, 5.41) is 6.79. The SMILES string of the molecule is CN=C(NCC(C)(C)c1ccc(F)cc1Cl)N1CCN(CC(=O)NC(C)C)CC1.I. The molecule has 1 aliphatic heterocycles. The van der Waals surface area contributed by atoms with E-state index >= 15 is 0 Å². The minimum Gasteiger partial charge on any atom is -0.355 e. The van der Waals surface area contributed by atoms with Crippen molar-refractivity contribution in [1.29, 1.82) is 0 Å². The molecule has 1 aromatic carbocycles. The number of guanidine groups is 1. The number of nitrogens with zero attached hydrogens (tertiary/aromatic N) is 3. The third-order valence-corrected chi connectivity index (χ3v) is 5.36. The average molecular weight is 554 g/mol. The summed E-state index contributed by atoms with van der Waals surface area (Å²) in [5.41, 5.74) is 0.599. The fraction of sp³-hybridized carbons (Fsp3) is 0.619. The van der Waals surface area contributed by atoms with E-state index in [4.69, 9.17) is 11.6 Å². The fourth-order valence-electron chi connectivity index (χ4n) is 3.45. The Kier molecular flexibility index (Phi) is 10.8. The van der Waals surface area contributed by atoms with Gasteiger partial charge in [-0.3, -0.25) is 14.7 Å². The number of hydrogen-bond acceptors (Lipinski definition) is 3. The molecule has 2 rings (SSSR count). The molecule has 0 atom stereocenters. The van der Waals surface area contributed by atoms with Crippen molar-refractivity contribution in [3.05, 3.63) is 34.6 Å². The van der Waals surface area contributed by atoms with Crippen molar-refractivity contribution in [2.24, 2.45) is 4.99 Å². The van der Waals surface area contributed by atoms with Crippen LogP contribution in [-0.2, 0) is 10.2 Å². The molecule has 1 amide bonds. The first-order chi connectivity index (χ1) is 13.6. The molecular formula is C21H34ClFIN5O. The highest BCUT2D eigenvalue weighted by atomic mass is 127. The first-order valence-corrected chi connectivity index (χ1v) is 10.4. The van der Waals surface area contributed by atoms with E-state index in [9.17, 15) is 9.18 Å². The molecule has 0 radical (unpaired) electrons. The topological polar surface area (TPSA) is 60.0 Å². The second kappa shape index (κ2) is 12.0. The Bertz CT molecular complexity index is 736. The van der Waals surface area contributed by atoms with Gasteiger partial charge in [-0.2, -0.15) is 0 Å². The van der Waals surface area contributed by atoms with Crippen LogP contribution in [0.25, 0.3) is 0 Å². The lowest BCUT2D eigenvalue weighted by molar-refractivity contribution is -0.123. The molecule has 30 heavy (non-hydrogen) atoms. The van der Waals surface area contributed by atoms with Gasteiger partial charge in [0.05, 0.1) is 6.54 Å². The van der Waals surface area contributed by atoms with Crippen LogP contribution in [0.5, 0.6) is 0 Å². The molecule has 170 valence electrons. The Labute approximate surface area is 201 Å². The van der Waals surface area contributed by atoms with E-state index in [2.05, 4.69) is 39.3 Å². The third-order valence-electron chi connectivity index (χ3n) is 5.05. The molecule has 0 aliphatic carbocycles. The average Bonchev–Trinajstić information content (AvgIpc) is 2.62. The van der Waals surface area contributed by atoms with Gasteiger partial charge in [0.1, 0.15) is 5.82 Å². The molecule has 1 heterocycles. The lowest BCUT2D eigenvalue weighted by atomic mass is 9.84. The number of hydrogen-bond donors (Lipinski definition) is 2. The quantitative estimate of drug-likeness (QED) is 0.323. The summed E-state index contributed by atoms with van der Waals surface area (Å²) in [6, 6.07) is 4.68. The van der Waals surface area contributed by atoms with Crippen LogP contribution in [0.3, 0.4) is 0 Å². The predicted octanol–water partition coefficient (Wildman–Crippen LogP) is 3.09.